The minimum atomic E-state index is -0.796. The summed E-state index contributed by atoms with van der Waals surface area (Å²) in [4.78, 5) is 0. The molecule has 8 heavy (non-hydrogen) atoms. The third-order valence-corrected chi connectivity index (χ3v) is 1.27. The van der Waals surface area contributed by atoms with Crippen molar-refractivity contribution in [1.82, 2.24) is 0 Å². The molecule has 1 aliphatic rings. The maximum atomic E-state index is 8.83. The molecule has 0 bridgehead atoms. The minimum absolute atomic E-state index is 0.384. The maximum absolute atomic E-state index is 8.83. The molecule has 0 aromatic carbocycles. The highest BCUT2D eigenvalue weighted by Crippen LogP contribution is 2.08. The second-order valence-corrected chi connectivity index (χ2v) is 1.94. The summed E-state index contributed by atoms with van der Waals surface area (Å²) >= 11 is 0. The van der Waals surface area contributed by atoms with Crippen LogP contribution in [0.1, 0.15) is 0 Å². The monoisotopic (exact) mass is 115 g/mol. The van der Waals surface area contributed by atoms with Gasteiger partial charge in [-0.3, -0.25) is 0 Å². The molecule has 3 atom stereocenters. The van der Waals surface area contributed by atoms with Crippen molar-refractivity contribution in [2.24, 2.45) is 5.73 Å². The molecule has 46 valence electrons. The summed E-state index contributed by atoms with van der Waals surface area (Å²) in [5.74, 6) is 0. The summed E-state index contributed by atoms with van der Waals surface area (Å²) in [6.07, 6.45) is 1.53. The summed E-state index contributed by atoms with van der Waals surface area (Å²) in [5.41, 5.74) is 5.27. The van der Waals surface area contributed by atoms with Crippen LogP contribution in [0.4, 0.5) is 0 Å². The van der Waals surface area contributed by atoms with Crippen LogP contribution in [0.5, 0.6) is 0 Å². The SMILES string of the molecule is N[C@H]1C=C[C@H](O)[C@@H]1O. The molecule has 1 aliphatic carbocycles. The van der Waals surface area contributed by atoms with Gasteiger partial charge in [-0.05, 0) is 0 Å². The highest BCUT2D eigenvalue weighted by atomic mass is 16.3. The number of hydrogen-bond acceptors (Lipinski definition) is 3. The number of aliphatic hydroxyl groups is 2. The first-order valence-electron chi connectivity index (χ1n) is 2.52. The van der Waals surface area contributed by atoms with Crippen LogP contribution in [-0.2, 0) is 0 Å². The van der Waals surface area contributed by atoms with Crippen LogP contribution < -0.4 is 5.73 Å². The lowest BCUT2D eigenvalue weighted by Gasteiger charge is -2.10. The Hall–Kier alpha value is -0.380. The Balaban J connectivity index is 2.55. The molecule has 0 unspecified atom stereocenters. The lowest BCUT2D eigenvalue weighted by Crippen LogP contribution is -2.35. The quantitative estimate of drug-likeness (QED) is 0.340. The van der Waals surface area contributed by atoms with Gasteiger partial charge in [-0.2, -0.15) is 0 Å². The molecule has 0 saturated heterocycles. The molecule has 1 rings (SSSR count). The van der Waals surface area contributed by atoms with Crippen LogP contribution in [-0.4, -0.2) is 28.5 Å². The van der Waals surface area contributed by atoms with Gasteiger partial charge < -0.3 is 15.9 Å². The molecular formula is C5H9NO2. The standard InChI is InChI=1S/C5H9NO2/c6-3-1-2-4(7)5(3)8/h1-5,7-8H,6H2/t3-,4-,5+/m0/s1. The van der Waals surface area contributed by atoms with Crippen molar-refractivity contribution in [1.29, 1.82) is 0 Å². The van der Waals surface area contributed by atoms with E-state index in [9.17, 15) is 0 Å². The van der Waals surface area contributed by atoms with Gasteiger partial charge in [0.1, 0.15) is 6.10 Å². The molecule has 0 heterocycles. The van der Waals surface area contributed by atoms with Gasteiger partial charge >= 0.3 is 0 Å². The molecule has 0 spiro atoms. The summed E-state index contributed by atoms with van der Waals surface area (Å²) in [6, 6.07) is -0.384. The van der Waals surface area contributed by atoms with Gasteiger partial charge in [-0.25, -0.2) is 0 Å². The summed E-state index contributed by atoms with van der Waals surface area (Å²) in [6.45, 7) is 0. The van der Waals surface area contributed by atoms with Crippen molar-refractivity contribution in [2.75, 3.05) is 0 Å². The van der Waals surface area contributed by atoms with Crippen molar-refractivity contribution in [2.45, 2.75) is 18.2 Å². The van der Waals surface area contributed by atoms with Crippen molar-refractivity contribution in [3.05, 3.63) is 12.2 Å². The Bertz CT molecular complexity index is 101. The Morgan fingerprint density at radius 2 is 1.88 bits per heavy atom. The van der Waals surface area contributed by atoms with Crippen molar-refractivity contribution in [3.63, 3.8) is 0 Å². The Morgan fingerprint density at radius 1 is 1.25 bits per heavy atom. The number of aliphatic hydroxyl groups excluding tert-OH is 2. The molecule has 3 nitrogen and oxygen atoms in total. The van der Waals surface area contributed by atoms with Crippen molar-refractivity contribution in [3.8, 4) is 0 Å². The molecule has 0 fully saturated rings. The van der Waals surface area contributed by atoms with Gasteiger partial charge in [0.15, 0.2) is 0 Å². The van der Waals surface area contributed by atoms with E-state index in [4.69, 9.17) is 15.9 Å². The highest BCUT2D eigenvalue weighted by Gasteiger charge is 2.24. The summed E-state index contributed by atoms with van der Waals surface area (Å²) in [5, 5.41) is 17.6. The molecule has 0 aromatic heterocycles. The molecule has 3 heteroatoms. The fourth-order valence-corrected chi connectivity index (χ4v) is 0.698. The van der Waals surface area contributed by atoms with Gasteiger partial charge in [0, 0.05) is 0 Å². The van der Waals surface area contributed by atoms with Gasteiger partial charge in [0.25, 0.3) is 0 Å². The number of rotatable bonds is 0. The van der Waals surface area contributed by atoms with Gasteiger partial charge in [-0.15, -0.1) is 0 Å². The second-order valence-electron chi connectivity index (χ2n) is 1.94. The Kier molecular flexibility index (Phi) is 1.33. The Morgan fingerprint density at radius 3 is 2.00 bits per heavy atom. The van der Waals surface area contributed by atoms with E-state index in [1.165, 1.54) is 6.08 Å². The van der Waals surface area contributed by atoms with Crippen LogP contribution in [0.2, 0.25) is 0 Å². The largest absolute Gasteiger partial charge is 0.388 e. The number of hydrogen-bond donors (Lipinski definition) is 3. The summed E-state index contributed by atoms with van der Waals surface area (Å²) < 4.78 is 0. The lowest BCUT2D eigenvalue weighted by molar-refractivity contribution is 0.0518. The van der Waals surface area contributed by atoms with E-state index in [0.29, 0.717) is 0 Å². The first-order chi connectivity index (χ1) is 3.72. The third kappa shape index (κ3) is 0.753. The van der Waals surface area contributed by atoms with E-state index < -0.39 is 12.2 Å². The van der Waals surface area contributed by atoms with E-state index in [2.05, 4.69) is 0 Å². The predicted molar refractivity (Wildman–Crippen MR) is 29.1 cm³/mol. The highest BCUT2D eigenvalue weighted by molar-refractivity contribution is 5.10. The molecule has 0 saturated carbocycles. The van der Waals surface area contributed by atoms with Crippen LogP contribution in [0.15, 0.2) is 12.2 Å². The van der Waals surface area contributed by atoms with Crippen LogP contribution in [0.3, 0.4) is 0 Å². The fraction of sp³-hybridized carbons (Fsp3) is 0.600. The van der Waals surface area contributed by atoms with E-state index in [-0.39, 0.29) is 6.04 Å². The topological polar surface area (TPSA) is 66.5 Å². The average molecular weight is 115 g/mol. The second kappa shape index (κ2) is 1.85. The molecule has 0 amide bonds. The van der Waals surface area contributed by atoms with Gasteiger partial charge in [0.2, 0.25) is 0 Å². The van der Waals surface area contributed by atoms with Crippen LogP contribution in [0.25, 0.3) is 0 Å². The molecule has 0 aromatic rings. The molecule has 4 N–H and O–H groups in total. The average Bonchev–Trinajstić information content (AvgIpc) is 1.98. The zero-order chi connectivity index (χ0) is 6.15. The molecular weight excluding hydrogens is 106 g/mol. The van der Waals surface area contributed by atoms with E-state index >= 15 is 0 Å². The first kappa shape index (κ1) is 5.75. The Labute approximate surface area is 47.4 Å². The van der Waals surface area contributed by atoms with Crippen molar-refractivity contribution < 1.29 is 10.2 Å². The normalized spacial score (nSPS) is 45.6. The van der Waals surface area contributed by atoms with Crippen LogP contribution >= 0.6 is 0 Å². The lowest BCUT2D eigenvalue weighted by atomic mass is 10.2. The van der Waals surface area contributed by atoms with Crippen molar-refractivity contribution >= 4 is 0 Å². The van der Waals surface area contributed by atoms with Gasteiger partial charge in [-0.1, -0.05) is 12.2 Å². The minimum Gasteiger partial charge on any atom is -0.388 e. The zero-order valence-corrected chi connectivity index (χ0v) is 4.36. The fourth-order valence-electron chi connectivity index (χ4n) is 0.698. The summed E-state index contributed by atoms with van der Waals surface area (Å²) in [7, 11) is 0. The zero-order valence-electron chi connectivity index (χ0n) is 4.36. The predicted octanol–water partition coefficient (Wildman–Crippen LogP) is -1.39. The van der Waals surface area contributed by atoms with Gasteiger partial charge in [0.05, 0.1) is 12.1 Å². The first-order valence-corrected chi connectivity index (χ1v) is 2.52. The molecule has 0 aliphatic heterocycles. The van der Waals surface area contributed by atoms with E-state index in [1.807, 2.05) is 0 Å². The third-order valence-electron chi connectivity index (χ3n) is 1.27. The smallest absolute Gasteiger partial charge is 0.102 e. The van der Waals surface area contributed by atoms with E-state index in [1.54, 1.807) is 6.08 Å². The number of nitrogens with two attached hydrogens (primary N) is 1. The van der Waals surface area contributed by atoms with Crippen LogP contribution in [0, 0.1) is 0 Å². The molecule has 0 radical (unpaired) electrons. The van der Waals surface area contributed by atoms with E-state index in [0.717, 1.165) is 0 Å². The maximum Gasteiger partial charge on any atom is 0.102 e.